The van der Waals surface area contributed by atoms with Crippen molar-refractivity contribution in [1.82, 2.24) is 9.47 Å². The molecular formula is C19H21FN2O3. The van der Waals surface area contributed by atoms with Crippen LogP contribution in [0.25, 0.3) is 0 Å². The Kier molecular flexibility index (Phi) is 4.99. The molecule has 0 spiro atoms. The van der Waals surface area contributed by atoms with Gasteiger partial charge in [0, 0.05) is 32.4 Å². The molecule has 6 heteroatoms. The number of carbonyl (C=O) groups excluding carboxylic acids is 1. The van der Waals surface area contributed by atoms with E-state index in [2.05, 4.69) is 0 Å². The number of aryl methyl sites for hydroxylation is 1. The SMILES string of the molecule is Cn1cc(C(=O)N2CCC(C(O)c3ccc(F)cc3)CC2)ccc1=O. The number of halogens is 1. The van der Waals surface area contributed by atoms with E-state index in [1.54, 1.807) is 36.3 Å². The molecule has 3 rings (SSSR count). The summed E-state index contributed by atoms with van der Waals surface area (Å²) in [6.45, 7) is 1.09. The van der Waals surface area contributed by atoms with Gasteiger partial charge in [-0.15, -0.1) is 0 Å². The molecule has 1 unspecified atom stereocenters. The second-order valence-corrected chi connectivity index (χ2v) is 6.49. The molecule has 0 aliphatic carbocycles. The van der Waals surface area contributed by atoms with Crippen LogP contribution >= 0.6 is 0 Å². The summed E-state index contributed by atoms with van der Waals surface area (Å²) in [4.78, 5) is 25.7. The van der Waals surface area contributed by atoms with Crippen molar-refractivity contribution in [3.8, 4) is 0 Å². The number of hydrogen-bond donors (Lipinski definition) is 1. The van der Waals surface area contributed by atoms with E-state index in [9.17, 15) is 19.1 Å². The maximum Gasteiger partial charge on any atom is 0.255 e. The van der Waals surface area contributed by atoms with E-state index in [1.165, 1.54) is 22.8 Å². The molecular weight excluding hydrogens is 323 g/mol. The molecule has 1 fully saturated rings. The van der Waals surface area contributed by atoms with Crippen LogP contribution < -0.4 is 5.56 Å². The Bertz CT molecular complexity index is 808. The fraction of sp³-hybridized carbons (Fsp3) is 0.368. The molecule has 1 N–H and O–H groups in total. The van der Waals surface area contributed by atoms with Gasteiger partial charge in [0.25, 0.3) is 5.91 Å². The fourth-order valence-electron chi connectivity index (χ4n) is 3.25. The van der Waals surface area contributed by atoms with Gasteiger partial charge in [0.2, 0.25) is 5.56 Å². The van der Waals surface area contributed by atoms with Gasteiger partial charge < -0.3 is 14.6 Å². The molecule has 0 radical (unpaired) electrons. The van der Waals surface area contributed by atoms with Crippen LogP contribution in [-0.4, -0.2) is 33.6 Å². The highest BCUT2D eigenvalue weighted by atomic mass is 19.1. The van der Waals surface area contributed by atoms with Crippen molar-refractivity contribution in [2.75, 3.05) is 13.1 Å². The van der Waals surface area contributed by atoms with Gasteiger partial charge in [-0.1, -0.05) is 12.1 Å². The molecule has 1 aliphatic heterocycles. The lowest BCUT2D eigenvalue weighted by Gasteiger charge is -2.34. The van der Waals surface area contributed by atoms with Crippen LogP contribution in [-0.2, 0) is 7.05 Å². The van der Waals surface area contributed by atoms with E-state index < -0.39 is 6.10 Å². The third-order valence-corrected chi connectivity index (χ3v) is 4.82. The number of aromatic nitrogens is 1. The molecule has 5 nitrogen and oxygen atoms in total. The van der Waals surface area contributed by atoms with Gasteiger partial charge >= 0.3 is 0 Å². The number of carbonyl (C=O) groups is 1. The summed E-state index contributed by atoms with van der Waals surface area (Å²) in [6.07, 6.45) is 2.24. The molecule has 1 aliphatic rings. The van der Waals surface area contributed by atoms with Crippen molar-refractivity contribution < 1.29 is 14.3 Å². The summed E-state index contributed by atoms with van der Waals surface area (Å²) in [5, 5.41) is 10.5. The largest absolute Gasteiger partial charge is 0.388 e. The van der Waals surface area contributed by atoms with E-state index in [-0.39, 0.29) is 23.2 Å². The predicted octanol–water partition coefficient (Wildman–Crippen LogP) is 2.11. The first kappa shape index (κ1) is 17.4. The number of aliphatic hydroxyl groups excluding tert-OH is 1. The third-order valence-electron chi connectivity index (χ3n) is 4.82. The minimum absolute atomic E-state index is 0.0367. The summed E-state index contributed by atoms with van der Waals surface area (Å²) < 4.78 is 14.4. The topological polar surface area (TPSA) is 62.5 Å². The van der Waals surface area contributed by atoms with E-state index in [4.69, 9.17) is 0 Å². The number of rotatable bonds is 3. The standard InChI is InChI=1S/C19H21FN2O3/c1-21-12-15(4-7-17(21)23)19(25)22-10-8-14(9-11-22)18(24)13-2-5-16(20)6-3-13/h2-7,12,14,18,24H,8-11H2,1H3. The summed E-state index contributed by atoms with van der Waals surface area (Å²) in [5.74, 6) is -0.395. The molecule has 132 valence electrons. The Labute approximate surface area is 145 Å². The Morgan fingerprint density at radius 1 is 1.16 bits per heavy atom. The number of piperidine rings is 1. The molecule has 25 heavy (non-hydrogen) atoms. The summed E-state index contributed by atoms with van der Waals surface area (Å²) >= 11 is 0. The van der Waals surface area contributed by atoms with Gasteiger partial charge in [-0.2, -0.15) is 0 Å². The van der Waals surface area contributed by atoms with E-state index in [0.717, 1.165) is 0 Å². The number of amides is 1. The highest BCUT2D eigenvalue weighted by molar-refractivity contribution is 5.93. The van der Waals surface area contributed by atoms with Gasteiger partial charge in [-0.25, -0.2) is 4.39 Å². The number of pyridine rings is 1. The molecule has 2 aromatic rings. The van der Waals surface area contributed by atoms with E-state index in [1.807, 2.05) is 0 Å². The van der Waals surface area contributed by atoms with Gasteiger partial charge in [0.1, 0.15) is 5.82 Å². The van der Waals surface area contributed by atoms with Crippen molar-refractivity contribution in [1.29, 1.82) is 0 Å². The predicted molar refractivity (Wildman–Crippen MR) is 91.7 cm³/mol. The maximum atomic E-state index is 13.0. The minimum atomic E-state index is -0.657. The zero-order valence-electron chi connectivity index (χ0n) is 14.1. The zero-order valence-corrected chi connectivity index (χ0v) is 14.1. The van der Waals surface area contributed by atoms with Gasteiger partial charge in [-0.3, -0.25) is 9.59 Å². The van der Waals surface area contributed by atoms with Crippen LogP contribution in [0, 0.1) is 11.7 Å². The summed E-state index contributed by atoms with van der Waals surface area (Å²) in [7, 11) is 1.62. The average molecular weight is 344 g/mol. The maximum absolute atomic E-state index is 13.0. The molecule has 1 saturated heterocycles. The van der Waals surface area contributed by atoms with Crippen LogP contribution in [0.1, 0.15) is 34.9 Å². The van der Waals surface area contributed by atoms with Crippen LogP contribution in [0.5, 0.6) is 0 Å². The molecule has 0 saturated carbocycles. The second-order valence-electron chi connectivity index (χ2n) is 6.49. The Morgan fingerprint density at radius 3 is 2.40 bits per heavy atom. The highest BCUT2D eigenvalue weighted by Gasteiger charge is 2.28. The van der Waals surface area contributed by atoms with Crippen molar-refractivity contribution in [3.63, 3.8) is 0 Å². The third kappa shape index (κ3) is 3.79. The van der Waals surface area contributed by atoms with Crippen molar-refractivity contribution in [3.05, 3.63) is 69.9 Å². The van der Waals surface area contributed by atoms with Crippen molar-refractivity contribution >= 4 is 5.91 Å². The quantitative estimate of drug-likeness (QED) is 0.928. The smallest absolute Gasteiger partial charge is 0.255 e. The fourth-order valence-corrected chi connectivity index (χ4v) is 3.25. The number of aliphatic hydroxyl groups is 1. The minimum Gasteiger partial charge on any atom is -0.388 e. The first-order chi connectivity index (χ1) is 12.0. The molecule has 0 bridgehead atoms. The van der Waals surface area contributed by atoms with Gasteiger partial charge in [0.05, 0.1) is 11.7 Å². The highest BCUT2D eigenvalue weighted by Crippen LogP contribution is 2.31. The number of benzene rings is 1. The van der Waals surface area contributed by atoms with Crippen LogP contribution in [0.15, 0.2) is 47.4 Å². The molecule has 1 amide bonds. The Hall–Kier alpha value is -2.47. The van der Waals surface area contributed by atoms with Crippen molar-refractivity contribution in [2.45, 2.75) is 18.9 Å². The number of nitrogens with zero attached hydrogens (tertiary/aromatic N) is 2. The molecule has 1 aromatic carbocycles. The normalized spacial score (nSPS) is 16.7. The first-order valence-corrected chi connectivity index (χ1v) is 8.35. The van der Waals surface area contributed by atoms with E-state index in [0.29, 0.717) is 37.1 Å². The molecule has 1 atom stereocenters. The van der Waals surface area contributed by atoms with Gasteiger partial charge in [0.15, 0.2) is 0 Å². The number of likely N-dealkylation sites (tertiary alicyclic amines) is 1. The van der Waals surface area contributed by atoms with Crippen LogP contribution in [0.2, 0.25) is 0 Å². The van der Waals surface area contributed by atoms with E-state index >= 15 is 0 Å². The Morgan fingerprint density at radius 2 is 1.80 bits per heavy atom. The summed E-state index contributed by atoms with van der Waals surface area (Å²) in [5.41, 5.74) is 1.03. The zero-order chi connectivity index (χ0) is 18.0. The molecule has 1 aromatic heterocycles. The van der Waals surface area contributed by atoms with Crippen LogP contribution in [0.4, 0.5) is 4.39 Å². The first-order valence-electron chi connectivity index (χ1n) is 8.35. The molecule has 2 heterocycles. The lowest BCUT2D eigenvalue weighted by molar-refractivity contribution is 0.0461. The Balaban J connectivity index is 1.63. The lowest BCUT2D eigenvalue weighted by Crippen LogP contribution is -2.40. The van der Waals surface area contributed by atoms with Gasteiger partial charge in [-0.05, 0) is 42.5 Å². The summed E-state index contributed by atoms with van der Waals surface area (Å²) in [6, 6.07) is 8.82. The average Bonchev–Trinajstić information content (AvgIpc) is 2.63. The number of hydrogen-bond acceptors (Lipinski definition) is 3. The second kappa shape index (κ2) is 7.19. The van der Waals surface area contributed by atoms with Crippen molar-refractivity contribution in [2.24, 2.45) is 13.0 Å². The monoisotopic (exact) mass is 344 g/mol. The van der Waals surface area contributed by atoms with Crippen LogP contribution in [0.3, 0.4) is 0 Å². The lowest BCUT2D eigenvalue weighted by atomic mass is 9.87.